The van der Waals surface area contributed by atoms with Gasteiger partial charge in [-0.15, -0.1) is 0 Å². The molecule has 0 saturated heterocycles. The molecule has 0 aliphatic rings. The number of hydrogen-bond donors (Lipinski definition) is 1. The summed E-state index contributed by atoms with van der Waals surface area (Å²) in [5.74, 6) is -0.528. The lowest BCUT2D eigenvalue weighted by atomic mass is 10.0. The van der Waals surface area contributed by atoms with E-state index in [1.807, 2.05) is 0 Å². The van der Waals surface area contributed by atoms with E-state index in [9.17, 15) is 38.4 Å². The van der Waals surface area contributed by atoms with Crippen LogP contribution in [0.25, 0.3) is 0 Å². The Labute approximate surface area is 191 Å². The number of nitro groups is 1. The van der Waals surface area contributed by atoms with Gasteiger partial charge < -0.3 is 5.11 Å². The second kappa shape index (κ2) is 9.19. The highest BCUT2D eigenvalue weighted by Gasteiger charge is 2.38. The lowest BCUT2D eigenvalue weighted by Crippen LogP contribution is -2.28. The molecule has 0 amide bonds. The Kier molecular flexibility index (Phi) is 6.54. The van der Waals surface area contributed by atoms with Crippen LogP contribution in [0.2, 0.25) is 0 Å². The van der Waals surface area contributed by atoms with Crippen molar-refractivity contribution >= 4 is 17.6 Å². The zero-order valence-electron chi connectivity index (χ0n) is 17.9. The van der Waals surface area contributed by atoms with Crippen LogP contribution in [0.3, 0.4) is 0 Å². The number of hydrogen-bond acceptors (Lipinski definition) is 6. The van der Waals surface area contributed by atoms with Crippen molar-refractivity contribution in [3.63, 3.8) is 0 Å². The second-order valence-electron chi connectivity index (χ2n) is 7.33. The normalized spacial score (nSPS) is 12.5. The van der Waals surface area contributed by atoms with Gasteiger partial charge in [0.1, 0.15) is 17.2 Å². The van der Waals surface area contributed by atoms with E-state index in [2.05, 4.69) is 4.99 Å². The molecule has 0 saturated carbocycles. The van der Waals surface area contributed by atoms with Crippen LogP contribution in [-0.4, -0.2) is 20.8 Å². The molecule has 1 heterocycles. The van der Waals surface area contributed by atoms with Gasteiger partial charge in [-0.1, -0.05) is 30.3 Å². The summed E-state index contributed by atoms with van der Waals surface area (Å²) < 4.78 is 40.8. The molecule has 0 fully saturated rings. The summed E-state index contributed by atoms with van der Waals surface area (Å²) in [6.07, 6.45) is -3.97. The van der Waals surface area contributed by atoms with Crippen LogP contribution in [0, 0.1) is 28.4 Å². The van der Waals surface area contributed by atoms with Gasteiger partial charge in [-0.05, 0) is 37.1 Å². The van der Waals surface area contributed by atoms with Gasteiger partial charge in [0.15, 0.2) is 0 Å². The first kappa shape index (κ1) is 24.2. The molecule has 3 rings (SSSR count). The molecule has 1 aromatic heterocycles. The molecule has 3 aromatic rings. The number of pyridine rings is 1. The van der Waals surface area contributed by atoms with Gasteiger partial charge in [-0.25, -0.2) is 0 Å². The van der Waals surface area contributed by atoms with Gasteiger partial charge in [-0.2, -0.15) is 18.4 Å². The Hall–Kier alpha value is -4.46. The summed E-state index contributed by atoms with van der Waals surface area (Å²) in [5.41, 5.74) is -3.17. The number of alkyl halides is 3. The largest absolute Gasteiger partial charge is 0.494 e. The molecule has 0 aliphatic heterocycles. The number of nitro benzene ring substituents is 1. The van der Waals surface area contributed by atoms with Crippen molar-refractivity contribution < 1.29 is 23.2 Å². The second-order valence-corrected chi connectivity index (χ2v) is 7.33. The van der Waals surface area contributed by atoms with E-state index in [0.717, 1.165) is 16.8 Å². The highest BCUT2D eigenvalue weighted by molar-refractivity contribution is 5.87. The van der Waals surface area contributed by atoms with Gasteiger partial charge in [0, 0.05) is 12.3 Å². The number of benzene rings is 2. The molecule has 174 valence electrons. The van der Waals surface area contributed by atoms with Gasteiger partial charge in [0.2, 0.25) is 5.88 Å². The Bertz CT molecular complexity index is 1390. The quantitative estimate of drug-likeness (QED) is 0.319. The first-order valence-corrected chi connectivity index (χ1v) is 9.80. The smallest absolute Gasteiger partial charge is 0.423 e. The average Bonchev–Trinajstić information content (AvgIpc) is 2.79. The number of aromatic nitrogens is 1. The highest BCUT2D eigenvalue weighted by Crippen LogP contribution is 2.38. The predicted molar refractivity (Wildman–Crippen MR) is 117 cm³/mol. The maximum Gasteiger partial charge on any atom is 0.423 e. The SMILES string of the molecule is Cc1c(C=Nc2ccc([N+](=O)[O-])c(C(F)(F)F)c2)c(O)n(C(C)c2ccccc2)c(=O)c1C#N. The highest BCUT2D eigenvalue weighted by atomic mass is 19.4. The van der Waals surface area contributed by atoms with Gasteiger partial charge in [0.05, 0.1) is 22.2 Å². The van der Waals surface area contributed by atoms with Crippen LogP contribution in [0.1, 0.15) is 40.8 Å². The maximum atomic E-state index is 13.3. The van der Waals surface area contributed by atoms with E-state index in [0.29, 0.717) is 17.7 Å². The molecule has 34 heavy (non-hydrogen) atoms. The fraction of sp³-hybridized carbons (Fsp3) is 0.174. The van der Waals surface area contributed by atoms with Crippen LogP contribution in [-0.2, 0) is 6.18 Å². The van der Waals surface area contributed by atoms with Crippen molar-refractivity contribution in [3.8, 4) is 11.9 Å². The molecule has 1 atom stereocenters. The summed E-state index contributed by atoms with van der Waals surface area (Å²) in [4.78, 5) is 26.6. The zero-order chi connectivity index (χ0) is 25.2. The maximum absolute atomic E-state index is 13.3. The molecule has 11 heteroatoms. The lowest BCUT2D eigenvalue weighted by molar-refractivity contribution is -0.388. The first-order valence-electron chi connectivity index (χ1n) is 9.80. The molecule has 1 N–H and O–H groups in total. The fourth-order valence-electron chi connectivity index (χ4n) is 3.47. The minimum atomic E-state index is -4.99. The van der Waals surface area contributed by atoms with Gasteiger partial charge in [-0.3, -0.25) is 24.5 Å². The number of halogens is 3. The molecule has 8 nitrogen and oxygen atoms in total. The van der Waals surface area contributed by atoms with Crippen LogP contribution < -0.4 is 5.56 Å². The standard InChI is InChI=1S/C23H17F3N4O4/c1-13-17(11-27)21(31)29(14(2)15-6-4-3-5-7-15)22(32)18(13)12-28-16-8-9-20(30(33)34)19(10-16)23(24,25)26/h3-10,12,14,32H,1-2H3. The predicted octanol–water partition coefficient (Wildman–Crippen LogP) is 5.02. The third-order valence-corrected chi connectivity index (χ3v) is 5.29. The third kappa shape index (κ3) is 4.52. The molecular weight excluding hydrogens is 453 g/mol. The van der Waals surface area contributed by atoms with Crippen LogP contribution >= 0.6 is 0 Å². The number of nitriles is 1. The molecular formula is C23H17F3N4O4. The summed E-state index contributed by atoms with van der Waals surface area (Å²) in [7, 11) is 0. The average molecular weight is 470 g/mol. The third-order valence-electron chi connectivity index (χ3n) is 5.29. The summed E-state index contributed by atoms with van der Waals surface area (Å²) in [6.45, 7) is 3.04. The summed E-state index contributed by atoms with van der Waals surface area (Å²) in [6, 6.07) is 12.0. The molecule has 0 radical (unpaired) electrons. The van der Waals surface area contributed by atoms with Crippen LogP contribution in [0.4, 0.5) is 24.5 Å². The number of rotatable bonds is 5. The minimum absolute atomic E-state index is 0.0501. The molecule has 0 bridgehead atoms. The van der Waals surface area contributed by atoms with Crippen molar-refractivity contribution in [2.75, 3.05) is 0 Å². The molecule has 1 unspecified atom stereocenters. The van der Waals surface area contributed by atoms with Crippen molar-refractivity contribution in [2.24, 2.45) is 4.99 Å². The van der Waals surface area contributed by atoms with Crippen LogP contribution in [0.15, 0.2) is 58.3 Å². The number of aromatic hydroxyl groups is 1. The van der Waals surface area contributed by atoms with Gasteiger partial charge >= 0.3 is 6.18 Å². The molecule has 2 aromatic carbocycles. The summed E-state index contributed by atoms with van der Waals surface area (Å²) in [5, 5.41) is 31.3. The Balaban J connectivity index is 2.17. The van der Waals surface area contributed by atoms with Crippen molar-refractivity contribution in [2.45, 2.75) is 26.1 Å². The monoisotopic (exact) mass is 470 g/mol. The van der Waals surface area contributed by atoms with E-state index in [4.69, 9.17) is 0 Å². The van der Waals surface area contributed by atoms with Gasteiger partial charge in [0.25, 0.3) is 11.2 Å². The zero-order valence-corrected chi connectivity index (χ0v) is 17.9. The molecule has 0 spiro atoms. The van der Waals surface area contributed by atoms with E-state index in [-0.39, 0.29) is 22.4 Å². The summed E-state index contributed by atoms with van der Waals surface area (Å²) >= 11 is 0. The Morgan fingerprint density at radius 3 is 2.44 bits per heavy atom. The van der Waals surface area contributed by atoms with Crippen molar-refractivity contribution in [3.05, 3.63) is 96.8 Å². The number of aliphatic imine (C=N–C) groups is 1. The Morgan fingerprint density at radius 2 is 1.88 bits per heavy atom. The molecule has 0 aliphatic carbocycles. The van der Waals surface area contributed by atoms with Crippen molar-refractivity contribution in [1.82, 2.24) is 4.57 Å². The van der Waals surface area contributed by atoms with Crippen LogP contribution in [0.5, 0.6) is 5.88 Å². The first-order chi connectivity index (χ1) is 16.0. The van der Waals surface area contributed by atoms with E-state index < -0.39 is 39.8 Å². The van der Waals surface area contributed by atoms with E-state index >= 15 is 0 Å². The number of nitrogens with zero attached hydrogens (tertiary/aromatic N) is 4. The topological polar surface area (TPSA) is 122 Å². The minimum Gasteiger partial charge on any atom is -0.494 e. The van der Waals surface area contributed by atoms with Crippen molar-refractivity contribution in [1.29, 1.82) is 5.26 Å². The lowest BCUT2D eigenvalue weighted by Gasteiger charge is -2.20. The Morgan fingerprint density at radius 1 is 1.24 bits per heavy atom. The fourth-order valence-corrected chi connectivity index (χ4v) is 3.47. The van der Waals surface area contributed by atoms with E-state index in [1.54, 1.807) is 43.3 Å². The van der Waals surface area contributed by atoms with E-state index in [1.165, 1.54) is 6.92 Å².